The van der Waals surface area contributed by atoms with Gasteiger partial charge in [0, 0.05) is 17.7 Å². The van der Waals surface area contributed by atoms with Crippen LogP contribution in [0.25, 0.3) is 11.2 Å². The van der Waals surface area contributed by atoms with Crippen molar-refractivity contribution in [3.63, 3.8) is 0 Å². The number of rotatable bonds is 1. The number of nitrogens with zero attached hydrogens (tertiary/aromatic N) is 3. The summed E-state index contributed by atoms with van der Waals surface area (Å²) < 4.78 is 2.37. The maximum Gasteiger partial charge on any atom is 0.160 e. The van der Waals surface area contributed by atoms with E-state index in [1.165, 1.54) is 25.1 Å². The Morgan fingerprint density at radius 2 is 2.06 bits per heavy atom. The van der Waals surface area contributed by atoms with Crippen LogP contribution in [-0.2, 0) is 5.41 Å². The van der Waals surface area contributed by atoms with Gasteiger partial charge in [0.2, 0.25) is 0 Å². The van der Waals surface area contributed by atoms with E-state index in [-0.39, 0.29) is 5.41 Å². The zero-order valence-electron chi connectivity index (χ0n) is 10.8. The van der Waals surface area contributed by atoms with Crippen molar-refractivity contribution >= 4 is 11.2 Å². The molecule has 1 fully saturated rings. The van der Waals surface area contributed by atoms with Gasteiger partial charge in [-0.25, -0.2) is 9.97 Å². The minimum Gasteiger partial charge on any atom is -0.309 e. The molecular weight excluding hydrogens is 210 g/mol. The third kappa shape index (κ3) is 1.65. The number of pyridine rings is 1. The summed E-state index contributed by atoms with van der Waals surface area (Å²) >= 11 is 0. The van der Waals surface area contributed by atoms with Crippen molar-refractivity contribution < 1.29 is 0 Å². The van der Waals surface area contributed by atoms with Crippen molar-refractivity contribution in [1.82, 2.24) is 14.5 Å². The molecule has 2 aromatic rings. The van der Waals surface area contributed by atoms with E-state index in [0.717, 1.165) is 11.2 Å². The SMILES string of the molecule is CC(C)(C)c1nc2cccnc2n1C1CCC1. The van der Waals surface area contributed by atoms with Gasteiger partial charge in [0.1, 0.15) is 11.3 Å². The van der Waals surface area contributed by atoms with Gasteiger partial charge in [-0.2, -0.15) is 0 Å². The maximum atomic E-state index is 4.79. The molecule has 1 aliphatic rings. The molecule has 3 nitrogen and oxygen atoms in total. The van der Waals surface area contributed by atoms with Gasteiger partial charge < -0.3 is 4.57 Å². The minimum atomic E-state index is 0.0797. The topological polar surface area (TPSA) is 30.7 Å². The van der Waals surface area contributed by atoms with Crippen molar-refractivity contribution in [2.45, 2.75) is 51.5 Å². The Morgan fingerprint density at radius 1 is 1.29 bits per heavy atom. The lowest BCUT2D eigenvalue weighted by atomic mass is 9.90. The lowest BCUT2D eigenvalue weighted by Crippen LogP contribution is -2.25. The van der Waals surface area contributed by atoms with Crippen LogP contribution in [0.4, 0.5) is 0 Å². The van der Waals surface area contributed by atoms with E-state index < -0.39 is 0 Å². The Labute approximate surface area is 102 Å². The first-order chi connectivity index (χ1) is 8.07. The summed E-state index contributed by atoms with van der Waals surface area (Å²) in [5.41, 5.74) is 2.17. The second-order valence-electron chi connectivity index (χ2n) is 5.99. The first kappa shape index (κ1) is 10.8. The van der Waals surface area contributed by atoms with E-state index in [1.807, 2.05) is 12.3 Å². The zero-order chi connectivity index (χ0) is 12.0. The quantitative estimate of drug-likeness (QED) is 0.749. The number of hydrogen-bond acceptors (Lipinski definition) is 2. The monoisotopic (exact) mass is 229 g/mol. The van der Waals surface area contributed by atoms with Crippen molar-refractivity contribution in [1.29, 1.82) is 0 Å². The molecule has 3 rings (SSSR count). The predicted molar refractivity (Wildman–Crippen MR) is 69.1 cm³/mol. The molecule has 0 radical (unpaired) electrons. The van der Waals surface area contributed by atoms with Gasteiger partial charge in [0.15, 0.2) is 5.65 Å². The van der Waals surface area contributed by atoms with Crippen LogP contribution < -0.4 is 0 Å². The predicted octanol–water partition coefficient (Wildman–Crippen LogP) is 3.45. The standard InChI is InChI=1S/C14H19N3/c1-14(2,3)13-16-11-8-5-9-15-12(11)17(13)10-6-4-7-10/h5,8-10H,4,6-7H2,1-3H3. The molecule has 90 valence electrons. The van der Waals surface area contributed by atoms with Gasteiger partial charge in [0.25, 0.3) is 0 Å². The third-order valence-corrected chi connectivity index (χ3v) is 3.56. The normalized spacial score (nSPS) is 17.4. The van der Waals surface area contributed by atoms with Gasteiger partial charge in [-0.1, -0.05) is 20.8 Å². The molecule has 0 spiro atoms. The highest BCUT2D eigenvalue weighted by atomic mass is 15.2. The first-order valence-electron chi connectivity index (χ1n) is 6.41. The average molecular weight is 229 g/mol. The summed E-state index contributed by atoms with van der Waals surface area (Å²) in [5.74, 6) is 1.18. The Kier molecular flexibility index (Phi) is 2.25. The Bertz CT molecular complexity index is 544. The lowest BCUT2D eigenvalue weighted by Gasteiger charge is -2.31. The van der Waals surface area contributed by atoms with Crippen molar-refractivity contribution in [2.75, 3.05) is 0 Å². The maximum absolute atomic E-state index is 4.79. The second kappa shape index (κ2) is 3.56. The van der Waals surface area contributed by atoms with Crippen LogP contribution in [0.2, 0.25) is 0 Å². The van der Waals surface area contributed by atoms with Crippen LogP contribution in [0.3, 0.4) is 0 Å². The molecule has 0 unspecified atom stereocenters. The summed E-state index contributed by atoms with van der Waals surface area (Å²) in [6.45, 7) is 6.68. The van der Waals surface area contributed by atoms with Crippen LogP contribution in [0.1, 0.15) is 51.9 Å². The highest BCUT2D eigenvalue weighted by Gasteiger charge is 2.30. The van der Waals surface area contributed by atoms with Crippen molar-refractivity contribution in [3.05, 3.63) is 24.2 Å². The molecule has 0 atom stereocenters. The molecule has 0 aromatic carbocycles. The van der Waals surface area contributed by atoms with Gasteiger partial charge in [0.05, 0.1) is 0 Å². The molecule has 0 aliphatic heterocycles. The molecule has 1 aliphatic carbocycles. The molecule has 1 saturated carbocycles. The minimum absolute atomic E-state index is 0.0797. The summed E-state index contributed by atoms with van der Waals surface area (Å²) in [6, 6.07) is 4.64. The van der Waals surface area contributed by atoms with Crippen molar-refractivity contribution in [2.24, 2.45) is 0 Å². The summed E-state index contributed by atoms with van der Waals surface area (Å²) in [5, 5.41) is 0. The van der Waals surface area contributed by atoms with E-state index in [9.17, 15) is 0 Å². The summed E-state index contributed by atoms with van der Waals surface area (Å²) in [6.07, 6.45) is 5.74. The Balaban J connectivity index is 2.25. The largest absolute Gasteiger partial charge is 0.309 e. The second-order valence-corrected chi connectivity index (χ2v) is 5.99. The number of fused-ring (bicyclic) bond motifs is 1. The zero-order valence-corrected chi connectivity index (χ0v) is 10.8. The Morgan fingerprint density at radius 3 is 2.65 bits per heavy atom. The fourth-order valence-electron chi connectivity index (χ4n) is 2.45. The van der Waals surface area contributed by atoms with E-state index in [1.54, 1.807) is 0 Å². The van der Waals surface area contributed by atoms with Crippen molar-refractivity contribution in [3.8, 4) is 0 Å². The van der Waals surface area contributed by atoms with E-state index in [4.69, 9.17) is 4.98 Å². The lowest BCUT2D eigenvalue weighted by molar-refractivity contribution is 0.299. The number of aromatic nitrogens is 3. The van der Waals surface area contributed by atoms with Crippen LogP contribution in [0.5, 0.6) is 0 Å². The van der Waals surface area contributed by atoms with E-state index in [2.05, 4.69) is 36.4 Å². The van der Waals surface area contributed by atoms with Crippen LogP contribution in [-0.4, -0.2) is 14.5 Å². The first-order valence-corrected chi connectivity index (χ1v) is 6.41. The van der Waals surface area contributed by atoms with Gasteiger partial charge in [-0.3, -0.25) is 0 Å². The molecule has 17 heavy (non-hydrogen) atoms. The number of imidazole rings is 1. The highest BCUT2D eigenvalue weighted by Crippen LogP contribution is 2.37. The van der Waals surface area contributed by atoms with E-state index >= 15 is 0 Å². The molecule has 2 heterocycles. The molecule has 3 heteroatoms. The summed E-state index contributed by atoms with van der Waals surface area (Å²) in [4.78, 5) is 9.31. The highest BCUT2D eigenvalue weighted by molar-refractivity contribution is 5.71. The molecule has 0 N–H and O–H groups in total. The van der Waals surface area contributed by atoms with Gasteiger partial charge in [-0.15, -0.1) is 0 Å². The summed E-state index contributed by atoms with van der Waals surface area (Å²) in [7, 11) is 0. The average Bonchev–Trinajstić information content (AvgIpc) is 2.55. The molecule has 0 amide bonds. The molecule has 0 bridgehead atoms. The molecular formula is C14H19N3. The fourth-order valence-corrected chi connectivity index (χ4v) is 2.45. The molecule has 0 saturated heterocycles. The third-order valence-electron chi connectivity index (χ3n) is 3.56. The fraction of sp³-hybridized carbons (Fsp3) is 0.571. The molecule has 2 aromatic heterocycles. The van der Waals surface area contributed by atoms with Gasteiger partial charge in [-0.05, 0) is 31.4 Å². The van der Waals surface area contributed by atoms with Gasteiger partial charge >= 0.3 is 0 Å². The van der Waals surface area contributed by atoms with Crippen LogP contribution >= 0.6 is 0 Å². The van der Waals surface area contributed by atoms with Crippen LogP contribution in [0.15, 0.2) is 18.3 Å². The smallest absolute Gasteiger partial charge is 0.160 e. The van der Waals surface area contributed by atoms with Crippen LogP contribution in [0, 0.1) is 0 Å². The van der Waals surface area contributed by atoms with E-state index in [0.29, 0.717) is 6.04 Å². The number of hydrogen-bond donors (Lipinski definition) is 0. The Hall–Kier alpha value is -1.38.